The summed E-state index contributed by atoms with van der Waals surface area (Å²) in [6, 6.07) is 0. The monoisotopic (exact) mass is 197 g/mol. The predicted molar refractivity (Wildman–Crippen MR) is 53.8 cm³/mol. The summed E-state index contributed by atoms with van der Waals surface area (Å²) >= 11 is 0. The van der Waals surface area contributed by atoms with Gasteiger partial charge in [-0.05, 0) is 31.3 Å². The zero-order chi connectivity index (χ0) is 9.97. The molecule has 1 aliphatic carbocycles. The summed E-state index contributed by atoms with van der Waals surface area (Å²) in [6.07, 6.45) is 4.91. The van der Waals surface area contributed by atoms with Crippen molar-refractivity contribution in [1.29, 1.82) is 0 Å². The van der Waals surface area contributed by atoms with Gasteiger partial charge in [-0.3, -0.25) is 4.79 Å². The second-order valence-corrected chi connectivity index (χ2v) is 4.48. The van der Waals surface area contributed by atoms with Crippen LogP contribution in [0.15, 0.2) is 0 Å². The van der Waals surface area contributed by atoms with E-state index < -0.39 is 0 Å². The molecule has 1 aliphatic heterocycles. The smallest absolute Gasteiger partial charge is 0.309 e. The average Bonchev–Trinajstić information content (AvgIpc) is 2.15. The SMILES string of the molecule is COC(=O)C1CCNCC1C1CCC1. The predicted octanol–water partition coefficient (Wildman–Crippen LogP) is 1.19. The van der Waals surface area contributed by atoms with Crippen LogP contribution in [0.25, 0.3) is 0 Å². The van der Waals surface area contributed by atoms with Crippen molar-refractivity contribution in [2.45, 2.75) is 25.7 Å². The maximum Gasteiger partial charge on any atom is 0.309 e. The molecule has 2 unspecified atom stereocenters. The Morgan fingerprint density at radius 3 is 2.71 bits per heavy atom. The van der Waals surface area contributed by atoms with E-state index in [2.05, 4.69) is 5.32 Å². The van der Waals surface area contributed by atoms with Gasteiger partial charge >= 0.3 is 5.97 Å². The van der Waals surface area contributed by atoms with Gasteiger partial charge in [-0.15, -0.1) is 0 Å². The Morgan fingerprint density at radius 2 is 2.14 bits per heavy atom. The lowest BCUT2D eigenvalue weighted by Gasteiger charge is -2.40. The van der Waals surface area contributed by atoms with E-state index in [4.69, 9.17) is 4.74 Å². The van der Waals surface area contributed by atoms with Gasteiger partial charge in [-0.2, -0.15) is 0 Å². The summed E-state index contributed by atoms with van der Waals surface area (Å²) in [5.41, 5.74) is 0. The van der Waals surface area contributed by atoms with Crippen molar-refractivity contribution >= 4 is 5.97 Å². The third kappa shape index (κ3) is 1.78. The van der Waals surface area contributed by atoms with Crippen molar-refractivity contribution in [3.63, 3.8) is 0 Å². The molecular formula is C11H19NO2. The lowest BCUT2D eigenvalue weighted by molar-refractivity contribution is -0.149. The van der Waals surface area contributed by atoms with E-state index >= 15 is 0 Å². The number of carbonyl (C=O) groups excluding carboxylic acids is 1. The molecule has 80 valence electrons. The molecule has 1 saturated carbocycles. The van der Waals surface area contributed by atoms with E-state index in [-0.39, 0.29) is 11.9 Å². The van der Waals surface area contributed by atoms with Gasteiger partial charge in [0.1, 0.15) is 0 Å². The number of ether oxygens (including phenoxy) is 1. The third-order valence-electron chi connectivity index (χ3n) is 3.79. The number of esters is 1. The van der Waals surface area contributed by atoms with Crippen LogP contribution in [-0.4, -0.2) is 26.2 Å². The molecule has 2 atom stereocenters. The molecule has 2 rings (SSSR count). The van der Waals surface area contributed by atoms with Gasteiger partial charge in [-0.25, -0.2) is 0 Å². The quantitative estimate of drug-likeness (QED) is 0.676. The van der Waals surface area contributed by atoms with Gasteiger partial charge in [0.15, 0.2) is 0 Å². The number of rotatable bonds is 2. The highest BCUT2D eigenvalue weighted by Gasteiger charge is 2.38. The van der Waals surface area contributed by atoms with Crippen LogP contribution in [0.4, 0.5) is 0 Å². The van der Waals surface area contributed by atoms with Gasteiger partial charge in [0.25, 0.3) is 0 Å². The van der Waals surface area contributed by atoms with E-state index in [9.17, 15) is 4.79 Å². The highest BCUT2D eigenvalue weighted by atomic mass is 16.5. The molecule has 0 aromatic carbocycles. The number of hydrogen-bond donors (Lipinski definition) is 1. The maximum absolute atomic E-state index is 11.6. The van der Waals surface area contributed by atoms with E-state index in [0.29, 0.717) is 5.92 Å². The molecule has 2 aliphatic rings. The van der Waals surface area contributed by atoms with E-state index in [1.165, 1.54) is 26.4 Å². The van der Waals surface area contributed by atoms with E-state index in [1.807, 2.05) is 0 Å². The van der Waals surface area contributed by atoms with Gasteiger partial charge in [0.05, 0.1) is 13.0 Å². The number of hydrogen-bond acceptors (Lipinski definition) is 3. The molecule has 1 N–H and O–H groups in total. The fourth-order valence-electron chi connectivity index (χ4n) is 2.69. The van der Waals surface area contributed by atoms with Crippen molar-refractivity contribution < 1.29 is 9.53 Å². The molecule has 0 spiro atoms. The Hall–Kier alpha value is -0.570. The minimum absolute atomic E-state index is 0.00315. The zero-order valence-corrected chi connectivity index (χ0v) is 8.79. The summed E-state index contributed by atoms with van der Waals surface area (Å²) in [4.78, 5) is 11.6. The number of methoxy groups -OCH3 is 1. The standard InChI is InChI=1S/C11H19NO2/c1-14-11(13)9-5-6-12-7-10(9)8-3-2-4-8/h8-10,12H,2-7H2,1H3. The summed E-state index contributed by atoms with van der Waals surface area (Å²) in [5.74, 6) is 1.46. The Balaban J connectivity index is 1.98. The topological polar surface area (TPSA) is 38.3 Å². The fourth-order valence-corrected chi connectivity index (χ4v) is 2.69. The first-order valence-corrected chi connectivity index (χ1v) is 5.61. The first kappa shape index (κ1) is 9.97. The molecule has 2 fully saturated rings. The van der Waals surface area contributed by atoms with Crippen LogP contribution in [0.1, 0.15) is 25.7 Å². The van der Waals surface area contributed by atoms with Crippen LogP contribution in [0.5, 0.6) is 0 Å². The minimum Gasteiger partial charge on any atom is -0.469 e. The number of piperidine rings is 1. The van der Waals surface area contributed by atoms with Crippen LogP contribution in [-0.2, 0) is 9.53 Å². The van der Waals surface area contributed by atoms with Crippen LogP contribution in [0.2, 0.25) is 0 Å². The number of carbonyl (C=O) groups is 1. The lowest BCUT2D eigenvalue weighted by atomic mass is 9.68. The summed E-state index contributed by atoms with van der Waals surface area (Å²) in [5, 5.41) is 3.39. The lowest BCUT2D eigenvalue weighted by Crippen LogP contribution is -2.45. The molecule has 1 heterocycles. The van der Waals surface area contributed by atoms with Crippen LogP contribution in [0, 0.1) is 17.8 Å². The third-order valence-corrected chi connectivity index (χ3v) is 3.79. The highest BCUT2D eigenvalue weighted by Crippen LogP contribution is 2.39. The van der Waals surface area contributed by atoms with Gasteiger partial charge in [0, 0.05) is 0 Å². The summed E-state index contributed by atoms with van der Waals surface area (Å²) in [6.45, 7) is 1.97. The number of nitrogens with one attached hydrogen (secondary N) is 1. The molecule has 1 saturated heterocycles. The summed E-state index contributed by atoms with van der Waals surface area (Å²) in [7, 11) is 1.50. The van der Waals surface area contributed by atoms with Crippen LogP contribution in [0.3, 0.4) is 0 Å². The van der Waals surface area contributed by atoms with E-state index in [0.717, 1.165) is 25.4 Å². The second kappa shape index (κ2) is 4.30. The molecule has 14 heavy (non-hydrogen) atoms. The molecule has 0 aromatic heterocycles. The highest BCUT2D eigenvalue weighted by molar-refractivity contribution is 5.72. The summed E-state index contributed by atoms with van der Waals surface area (Å²) < 4.78 is 4.87. The Kier molecular flexibility index (Phi) is 3.06. The van der Waals surface area contributed by atoms with Gasteiger partial charge in [-0.1, -0.05) is 19.3 Å². The van der Waals surface area contributed by atoms with Gasteiger partial charge < -0.3 is 10.1 Å². The van der Waals surface area contributed by atoms with Crippen LogP contribution < -0.4 is 5.32 Å². The van der Waals surface area contributed by atoms with Gasteiger partial charge in [0.2, 0.25) is 0 Å². The largest absolute Gasteiger partial charge is 0.469 e. The molecule has 0 aromatic rings. The molecular weight excluding hydrogens is 178 g/mol. The Bertz CT molecular complexity index is 213. The Morgan fingerprint density at radius 1 is 1.36 bits per heavy atom. The second-order valence-electron chi connectivity index (χ2n) is 4.48. The maximum atomic E-state index is 11.6. The molecule has 0 bridgehead atoms. The molecule has 3 heteroatoms. The zero-order valence-electron chi connectivity index (χ0n) is 8.79. The van der Waals surface area contributed by atoms with Crippen molar-refractivity contribution in [2.24, 2.45) is 17.8 Å². The Labute approximate surface area is 85.2 Å². The molecule has 0 radical (unpaired) electrons. The van der Waals surface area contributed by atoms with Crippen molar-refractivity contribution in [1.82, 2.24) is 5.32 Å². The average molecular weight is 197 g/mol. The first-order valence-electron chi connectivity index (χ1n) is 5.61. The van der Waals surface area contributed by atoms with Crippen molar-refractivity contribution in [3.8, 4) is 0 Å². The minimum atomic E-state index is 0.00315. The van der Waals surface area contributed by atoms with Crippen molar-refractivity contribution in [3.05, 3.63) is 0 Å². The fraction of sp³-hybridized carbons (Fsp3) is 0.909. The van der Waals surface area contributed by atoms with Crippen molar-refractivity contribution in [2.75, 3.05) is 20.2 Å². The van der Waals surface area contributed by atoms with E-state index in [1.54, 1.807) is 0 Å². The first-order chi connectivity index (χ1) is 6.83. The normalized spacial score (nSPS) is 33.5. The molecule has 0 amide bonds. The van der Waals surface area contributed by atoms with Crippen LogP contribution >= 0.6 is 0 Å². The molecule has 3 nitrogen and oxygen atoms in total.